The van der Waals surface area contributed by atoms with Gasteiger partial charge in [0.05, 0.1) is 6.10 Å². The lowest BCUT2D eigenvalue weighted by atomic mass is 10.1. The Morgan fingerprint density at radius 2 is 1.96 bits per heavy atom. The first-order valence-electron chi connectivity index (χ1n) is 6.81. The Bertz CT molecular complexity index is 725. The van der Waals surface area contributed by atoms with Crippen molar-refractivity contribution in [1.82, 2.24) is 5.32 Å². The summed E-state index contributed by atoms with van der Waals surface area (Å²) in [5.74, 6) is -2.05. The van der Waals surface area contributed by atoms with E-state index in [1.54, 1.807) is 18.2 Å². The molecule has 7 heteroatoms. The van der Waals surface area contributed by atoms with E-state index in [9.17, 15) is 18.7 Å². The molecule has 0 heterocycles. The number of nitrogens with one attached hydrogen (secondary N) is 2. The molecule has 122 valence electrons. The molecule has 0 spiro atoms. The van der Waals surface area contributed by atoms with Gasteiger partial charge in [0.25, 0.3) is 0 Å². The van der Waals surface area contributed by atoms with E-state index in [0.29, 0.717) is 10.7 Å². The van der Waals surface area contributed by atoms with E-state index in [4.69, 9.17) is 11.6 Å². The van der Waals surface area contributed by atoms with E-state index in [0.717, 1.165) is 17.7 Å². The second-order valence-corrected chi connectivity index (χ2v) is 5.42. The van der Waals surface area contributed by atoms with Crippen LogP contribution in [-0.4, -0.2) is 17.7 Å². The van der Waals surface area contributed by atoms with Crippen LogP contribution in [0.25, 0.3) is 0 Å². The van der Waals surface area contributed by atoms with Crippen molar-refractivity contribution in [2.45, 2.75) is 13.0 Å². The third-order valence-corrected chi connectivity index (χ3v) is 3.47. The Morgan fingerprint density at radius 1 is 1.22 bits per heavy atom. The normalized spacial score (nSPS) is 11.9. The third kappa shape index (κ3) is 4.64. The minimum Gasteiger partial charge on any atom is -0.387 e. The summed E-state index contributed by atoms with van der Waals surface area (Å²) in [4.78, 5) is 11.8. The Balaban J connectivity index is 1.93. The van der Waals surface area contributed by atoms with Crippen LogP contribution in [0.1, 0.15) is 17.2 Å². The number of halogens is 3. The fourth-order valence-corrected chi connectivity index (χ4v) is 2.09. The summed E-state index contributed by atoms with van der Waals surface area (Å²) in [6.45, 7) is 1.65. The van der Waals surface area contributed by atoms with Gasteiger partial charge in [-0.1, -0.05) is 23.7 Å². The number of benzene rings is 2. The number of aliphatic hydroxyl groups is 1. The molecule has 0 aromatic heterocycles. The molecule has 0 aliphatic rings. The molecule has 0 aliphatic carbocycles. The van der Waals surface area contributed by atoms with Crippen LogP contribution in [0, 0.1) is 18.6 Å². The number of anilines is 1. The van der Waals surface area contributed by atoms with Crippen LogP contribution in [0.3, 0.4) is 0 Å². The van der Waals surface area contributed by atoms with Crippen molar-refractivity contribution >= 4 is 23.3 Å². The highest BCUT2D eigenvalue weighted by Crippen LogP contribution is 2.20. The van der Waals surface area contributed by atoms with E-state index in [1.165, 1.54) is 6.07 Å². The van der Waals surface area contributed by atoms with Gasteiger partial charge < -0.3 is 15.7 Å². The first-order chi connectivity index (χ1) is 10.9. The van der Waals surface area contributed by atoms with E-state index in [2.05, 4.69) is 10.6 Å². The number of carbonyl (C=O) groups is 1. The summed E-state index contributed by atoms with van der Waals surface area (Å²) in [5.41, 5.74) is 1.53. The molecular weight excluding hydrogens is 326 g/mol. The van der Waals surface area contributed by atoms with Gasteiger partial charge in [-0.3, -0.25) is 0 Å². The van der Waals surface area contributed by atoms with Gasteiger partial charge in [0.2, 0.25) is 0 Å². The number of rotatable bonds is 4. The van der Waals surface area contributed by atoms with Crippen molar-refractivity contribution in [3.05, 3.63) is 64.2 Å². The SMILES string of the molecule is Cc1ccc(Cl)cc1NC(=O)NC[C@@H](O)c1ccc(F)c(F)c1. The molecule has 0 saturated carbocycles. The monoisotopic (exact) mass is 340 g/mol. The van der Waals surface area contributed by atoms with E-state index in [1.807, 2.05) is 6.92 Å². The van der Waals surface area contributed by atoms with Crippen molar-refractivity contribution in [3.63, 3.8) is 0 Å². The predicted octanol–water partition coefficient (Wildman–Crippen LogP) is 3.78. The van der Waals surface area contributed by atoms with Crippen LogP contribution >= 0.6 is 11.6 Å². The predicted molar refractivity (Wildman–Crippen MR) is 84.5 cm³/mol. The highest BCUT2D eigenvalue weighted by atomic mass is 35.5. The summed E-state index contributed by atoms with van der Waals surface area (Å²) in [6.07, 6.45) is -1.16. The molecule has 2 amide bonds. The summed E-state index contributed by atoms with van der Waals surface area (Å²) in [5, 5.41) is 15.4. The van der Waals surface area contributed by atoms with Gasteiger partial charge in [0.1, 0.15) is 0 Å². The van der Waals surface area contributed by atoms with Crippen LogP contribution in [0.2, 0.25) is 5.02 Å². The molecule has 0 unspecified atom stereocenters. The standard InChI is InChI=1S/C16H15ClF2N2O2/c1-9-2-4-11(17)7-14(9)21-16(23)20-8-15(22)10-3-5-12(18)13(19)6-10/h2-7,15,22H,8H2,1H3,(H2,20,21,23)/t15-/m1/s1. The molecule has 2 rings (SSSR count). The molecule has 2 aromatic carbocycles. The molecule has 2 aromatic rings. The zero-order valence-corrected chi connectivity index (χ0v) is 13.0. The topological polar surface area (TPSA) is 61.4 Å². The highest BCUT2D eigenvalue weighted by Gasteiger charge is 2.12. The van der Waals surface area contributed by atoms with Crippen LogP contribution in [0.15, 0.2) is 36.4 Å². The maximum Gasteiger partial charge on any atom is 0.319 e. The van der Waals surface area contributed by atoms with Gasteiger partial charge in [-0.2, -0.15) is 0 Å². The number of aryl methyl sites for hydroxylation is 1. The lowest BCUT2D eigenvalue weighted by molar-refractivity contribution is 0.174. The summed E-state index contributed by atoms with van der Waals surface area (Å²) >= 11 is 5.86. The van der Waals surface area contributed by atoms with Crippen molar-refractivity contribution in [2.24, 2.45) is 0 Å². The molecular formula is C16H15ClF2N2O2. The number of urea groups is 1. The maximum atomic E-state index is 13.1. The first kappa shape index (κ1) is 17.2. The Morgan fingerprint density at radius 3 is 2.65 bits per heavy atom. The fraction of sp³-hybridized carbons (Fsp3) is 0.188. The van der Waals surface area contributed by atoms with Crippen LogP contribution in [0.4, 0.5) is 19.3 Å². The van der Waals surface area contributed by atoms with Crippen LogP contribution in [-0.2, 0) is 0 Å². The molecule has 23 heavy (non-hydrogen) atoms. The number of hydrogen-bond acceptors (Lipinski definition) is 2. The molecule has 0 radical (unpaired) electrons. The van der Waals surface area contributed by atoms with Gasteiger partial charge in [0, 0.05) is 17.3 Å². The number of aliphatic hydroxyl groups excluding tert-OH is 1. The molecule has 1 atom stereocenters. The van der Waals surface area contributed by atoms with Crippen LogP contribution < -0.4 is 10.6 Å². The largest absolute Gasteiger partial charge is 0.387 e. The van der Waals surface area contributed by atoms with E-state index < -0.39 is 23.8 Å². The first-order valence-corrected chi connectivity index (χ1v) is 7.18. The van der Waals surface area contributed by atoms with Crippen molar-refractivity contribution in [1.29, 1.82) is 0 Å². The smallest absolute Gasteiger partial charge is 0.319 e. The van der Waals surface area contributed by atoms with Crippen LogP contribution in [0.5, 0.6) is 0 Å². The Kier molecular flexibility index (Phi) is 5.52. The van der Waals surface area contributed by atoms with Crippen molar-refractivity contribution in [3.8, 4) is 0 Å². The highest BCUT2D eigenvalue weighted by molar-refractivity contribution is 6.31. The Labute approximate surface area is 137 Å². The number of carbonyl (C=O) groups excluding carboxylic acids is 1. The van der Waals surface area contributed by atoms with Gasteiger partial charge in [-0.25, -0.2) is 13.6 Å². The molecule has 3 N–H and O–H groups in total. The molecule has 4 nitrogen and oxygen atoms in total. The van der Waals surface area contributed by atoms with Gasteiger partial charge in [0.15, 0.2) is 11.6 Å². The second kappa shape index (κ2) is 7.39. The fourth-order valence-electron chi connectivity index (χ4n) is 1.92. The average molecular weight is 341 g/mol. The summed E-state index contributed by atoms with van der Waals surface area (Å²) < 4.78 is 26.0. The number of amides is 2. The van der Waals surface area contributed by atoms with Gasteiger partial charge in [-0.15, -0.1) is 0 Å². The van der Waals surface area contributed by atoms with Gasteiger partial charge in [-0.05, 0) is 42.3 Å². The van der Waals surface area contributed by atoms with Gasteiger partial charge >= 0.3 is 6.03 Å². The average Bonchev–Trinajstić information content (AvgIpc) is 2.51. The second-order valence-electron chi connectivity index (χ2n) is 4.98. The molecule has 0 saturated heterocycles. The zero-order chi connectivity index (χ0) is 17.0. The zero-order valence-electron chi connectivity index (χ0n) is 12.2. The van der Waals surface area contributed by atoms with E-state index in [-0.39, 0.29) is 12.1 Å². The van der Waals surface area contributed by atoms with Crippen molar-refractivity contribution in [2.75, 3.05) is 11.9 Å². The molecule has 0 aliphatic heterocycles. The molecule has 0 bridgehead atoms. The van der Waals surface area contributed by atoms with Crippen molar-refractivity contribution < 1.29 is 18.7 Å². The Hall–Kier alpha value is -2.18. The third-order valence-electron chi connectivity index (χ3n) is 3.23. The summed E-state index contributed by atoms with van der Waals surface area (Å²) in [6, 6.07) is 7.58. The lowest BCUT2D eigenvalue weighted by Gasteiger charge is -2.14. The lowest BCUT2D eigenvalue weighted by Crippen LogP contribution is -2.32. The molecule has 0 fully saturated rings. The number of hydrogen-bond donors (Lipinski definition) is 3. The minimum atomic E-state index is -1.16. The minimum absolute atomic E-state index is 0.156. The quantitative estimate of drug-likeness (QED) is 0.793. The maximum absolute atomic E-state index is 13.1. The summed E-state index contributed by atoms with van der Waals surface area (Å²) in [7, 11) is 0. The van der Waals surface area contributed by atoms with E-state index >= 15 is 0 Å².